The lowest BCUT2D eigenvalue weighted by atomic mass is 10.1. The Hall–Kier alpha value is -2.31. The summed E-state index contributed by atoms with van der Waals surface area (Å²) in [7, 11) is 1.86. The summed E-state index contributed by atoms with van der Waals surface area (Å²) in [5, 5.41) is 10.6. The Kier molecular flexibility index (Phi) is 4.87. The number of carbonyl (C=O) groups excluding carboxylic acids is 1. The average Bonchev–Trinajstić information content (AvgIpc) is 2.88. The summed E-state index contributed by atoms with van der Waals surface area (Å²) >= 11 is 9.31. The number of nitrogens with zero attached hydrogens (tertiary/aromatic N) is 2. The lowest BCUT2D eigenvalue weighted by Gasteiger charge is -2.09. The number of aromatic nitrogens is 2. The van der Waals surface area contributed by atoms with E-state index >= 15 is 0 Å². The normalized spacial score (nSPS) is 10.5. The molecule has 0 saturated heterocycles. The van der Waals surface area contributed by atoms with Gasteiger partial charge in [0.1, 0.15) is 5.69 Å². The first-order valence-corrected chi connectivity index (χ1v) is 8.31. The van der Waals surface area contributed by atoms with Crippen LogP contribution in [0.2, 0.25) is 5.02 Å². The van der Waals surface area contributed by atoms with Crippen molar-refractivity contribution in [3.63, 3.8) is 0 Å². The highest BCUT2D eigenvalue weighted by Gasteiger charge is 2.09. The van der Waals surface area contributed by atoms with E-state index < -0.39 is 0 Å². The summed E-state index contributed by atoms with van der Waals surface area (Å²) in [4.78, 5) is 12.1. The molecule has 2 amide bonds. The van der Waals surface area contributed by atoms with Gasteiger partial charge in [-0.15, -0.1) is 0 Å². The van der Waals surface area contributed by atoms with Crippen molar-refractivity contribution in [1.29, 1.82) is 0 Å². The molecule has 1 aromatic heterocycles. The van der Waals surface area contributed by atoms with E-state index in [4.69, 9.17) is 11.6 Å². The lowest BCUT2D eigenvalue weighted by molar-refractivity contribution is 0.262. The van der Waals surface area contributed by atoms with Gasteiger partial charge in [-0.3, -0.25) is 4.68 Å². The van der Waals surface area contributed by atoms with Crippen molar-refractivity contribution >= 4 is 44.9 Å². The molecule has 2 N–H and O–H groups in total. The van der Waals surface area contributed by atoms with Gasteiger partial charge in [0.15, 0.2) is 0 Å². The van der Waals surface area contributed by atoms with Crippen molar-refractivity contribution in [2.75, 3.05) is 10.6 Å². The molecular weight excluding hydrogens is 392 g/mol. The molecule has 5 nitrogen and oxygen atoms in total. The Bertz CT molecular complexity index is 877. The molecule has 7 heteroatoms. The third-order valence-corrected chi connectivity index (χ3v) is 4.11. The largest absolute Gasteiger partial charge is 0.323 e. The smallest absolute Gasteiger partial charge is 0.308 e. The number of nitrogens with one attached hydrogen (secondary N) is 2. The molecule has 0 bridgehead atoms. The van der Waals surface area contributed by atoms with Crippen LogP contribution in [0.3, 0.4) is 0 Å². The molecule has 0 fully saturated rings. The van der Waals surface area contributed by atoms with Crippen molar-refractivity contribution in [2.45, 2.75) is 0 Å². The highest BCUT2D eigenvalue weighted by molar-refractivity contribution is 9.10. The molecule has 1 heterocycles. The molecule has 3 rings (SSSR count). The average molecular weight is 406 g/mol. The summed E-state index contributed by atoms with van der Waals surface area (Å²) in [6.07, 6.45) is 1.88. The molecule has 0 aliphatic heterocycles. The van der Waals surface area contributed by atoms with Crippen LogP contribution >= 0.6 is 27.5 Å². The molecule has 2 aromatic carbocycles. The second-order valence-corrected chi connectivity index (χ2v) is 6.46. The van der Waals surface area contributed by atoms with Crippen LogP contribution < -0.4 is 10.6 Å². The van der Waals surface area contributed by atoms with E-state index in [1.165, 1.54) is 0 Å². The molecule has 0 aliphatic rings. The first kappa shape index (κ1) is 16.5. The molecule has 3 aromatic rings. The predicted octanol–water partition coefficient (Wildman–Crippen LogP) is 5.15. The van der Waals surface area contributed by atoms with Gasteiger partial charge in [-0.25, -0.2) is 4.79 Å². The Labute approximate surface area is 152 Å². The molecule has 0 spiro atoms. The van der Waals surface area contributed by atoms with Crippen LogP contribution in [0.15, 0.2) is 59.2 Å². The van der Waals surface area contributed by atoms with Gasteiger partial charge in [-0.1, -0.05) is 23.7 Å². The molecule has 0 saturated carbocycles. The van der Waals surface area contributed by atoms with Crippen molar-refractivity contribution in [3.8, 4) is 11.3 Å². The van der Waals surface area contributed by atoms with E-state index in [9.17, 15) is 4.79 Å². The second-order valence-electron chi connectivity index (χ2n) is 5.17. The van der Waals surface area contributed by atoms with Crippen molar-refractivity contribution in [3.05, 3.63) is 64.2 Å². The van der Waals surface area contributed by atoms with Gasteiger partial charge >= 0.3 is 6.03 Å². The number of hydrogen-bond acceptors (Lipinski definition) is 2. The number of halogens is 2. The van der Waals surface area contributed by atoms with E-state index in [2.05, 4.69) is 31.7 Å². The van der Waals surface area contributed by atoms with Gasteiger partial charge in [0, 0.05) is 35.2 Å². The monoisotopic (exact) mass is 404 g/mol. The summed E-state index contributed by atoms with van der Waals surface area (Å²) in [6, 6.07) is 14.1. The number of carbonyl (C=O) groups is 1. The van der Waals surface area contributed by atoms with Crippen molar-refractivity contribution < 1.29 is 4.79 Å². The maximum Gasteiger partial charge on any atom is 0.323 e. The van der Waals surface area contributed by atoms with Gasteiger partial charge < -0.3 is 10.6 Å². The summed E-state index contributed by atoms with van der Waals surface area (Å²) in [5.74, 6) is 0. The number of hydrogen-bond donors (Lipinski definition) is 2. The maximum atomic E-state index is 12.1. The zero-order valence-corrected chi connectivity index (χ0v) is 15.1. The highest BCUT2D eigenvalue weighted by Crippen LogP contribution is 2.28. The minimum atomic E-state index is -0.324. The summed E-state index contributed by atoms with van der Waals surface area (Å²) < 4.78 is 2.63. The zero-order chi connectivity index (χ0) is 17.1. The first-order valence-electron chi connectivity index (χ1n) is 7.14. The van der Waals surface area contributed by atoms with Crippen LogP contribution in [0.1, 0.15) is 0 Å². The molecule has 0 atom stereocenters. The Morgan fingerprint density at radius 3 is 2.50 bits per heavy atom. The third-order valence-electron chi connectivity index (χ3n) is 3.28. The minimum Gasteiger partial charge on any atom is -0.308 e. The molecular formula is C17H14BrClN4O. The van der Waals surface area contributed by atoms with E-state index in [0.717, 1.165) is 15.7 Å². The molecule has 0 unspecified atom stereocenters. The number of benzene rings is 2. The van der Waals surface area contributed by atoms with Crippen LogP contribution in [-0.4, -0.2) is 15.8 Å². The maximum absolute atomic E-state index is 12.1. The number of amides is 2. The van der Waals surface area contributed by atoms with Crippen LogP contribution in [0.4, 0.5) is 16.2 Å². The molecule has 122 valence electrons. The van der Waals surface area contributed by atoms with Crippen LogP contribution in [-0.2, 0) is 7.05 Å². The van der Waals surface area contributed by atoms with Crippen molar-refractivity contribution in [2.24, 2.45) is 7.05 Å². The summed E-state index contributed by atoms with van der Waals surface area (Å²) in [6.45, 7) is 0. The van der Waals surface area contributed by atoms with Crippen LogP contribution in [0.25, 0.3) is 11.3 Å². The predicted molar refractivity (Wildman–Crippen MR) is 100 cm³/mol. The standard InChI is InChI=1S/C17H14BrClN4O/c1-23-10-15(18)16(22-23)11-3-2-4-14(9-11)21-17(24)20-13-7-5-12(19)6-8-13/h2-10H,1H3,(H2,20,21,24). The molecule has 0 aliphatic carbocycles. The van der Waals surface area contributed by atoms with Gasteiger partial charge in [-0.05, 0) is 52.3 Å². The number of rotatable bonds is 3. The van der Waals surface area contributed by atoms with Crippen LogP contribution in [0, 0.1) is 0 Å². The van der Waals surface area contributed by atoms with Gasteiger partial charge in [0.2, 0.25) is 0 Å². The van der Waals surface area contributed by atoms with Crippen LogP contribution in [0.5, 0.6) is 0 Å². The van der Waals surface area contributed by atoms with E-state index in [1.54, 1.807) is 28.9 Å². The Balaban J connectivity index is 1.73. The first-order chi connectivity index (χ1) is 11.5. The number of aryl methyl sites for hydroxylation is 1. The zero-order valence-electron chi connectivity index (χ0n) is 12.8. The van der Waals surface area contributed by atoms with E-state index in [0.29, 0.717) is 16.4 Å². The third kappa shape index (κ3) is 3.96. The summed E-state index contributed by atoms with van der Waals surface area (Å²) in [5.41, 5.74) is 3.07. The quantitative estimate of drug-likeness (QED) is 0.633. The fourth-order valence-corrected chi connectivity index (χ4v) is 2.96. The van der Waals surface area contributed by atoms with Gasteiger partial charge in [0.05, 0.1) is 4.47 Å². The lowest BCUT2D eigenvalue weighted by Crippen LogP contribution is -2.19. The Morgan fingerprint density at radius 2 is 1.83 bits per heavy atom. The van der Waals surface area contributed by atoms with E-state index in [-0.39, 0.29) is 6.03 Å². The van der Waals surface area contributed by atoms with E-state index in [1.807, 2.05) is 37.5 Å². The number of anilines is 2. The minimum absolute atomic E-state index is 0.324. The fraction of sp³-hybridized carbons (Fsp3) is 0.0588. The topological polar surface area (TPSA) is 59.0 Å². The SMILES string of the molecule is Cn1cc(Br)c(-c2cccc(NC(=O)Nc3ccc(Cl)cc3)c2)n1. The molecule has 0 radical (unpaired) electrons. The Morgan fingerprint density at radius 1 is 1.12 bits per heavy atom. The number of urea groups is 1. The fourth-order valence-electron chi connectivity index (χ4n) is 2.23. The van der Waals surface area contributed by atoms with Gasteiger partial charge in [-0.2, -0.15) is 5.10 Å². The second kappa shape index (κ2) is 7.07. The van der Waals surface area contributed by atoms with Gasteiger partial charge in [0.25, 0.3) is 0 Å². The highest BCUT2D eigenvalue weighted by atomic mass is 79.9. The van der Waals surface area contributed by atoms with Crippen molar-refractivity contribution in [1.82, 2.24) is 9.78 Å². The molecule has 24 heavy (non-hydrogen) atoms.